The minimum atomic E-state index is -0.392. The first-order valence-corrected chi connectivity index (χ1v) is 5.94. The summed E-state index contributed by atoms with van der Waals surface area (Å²) in [5.74, 6) is 1.09. The van der Waals surface area contributed by atoms with Gasteiger partial charge in [0.15, 0.2) is 5.82 Å². The Morgan fingerprint density at radius 2 is 2.44 bits per heavy atom. The normalized spacial score (nSPS) is 17.8. The van der Waals surface area contributed by atoms with Crippen LogP contribution in [0.1, 0.15) is 37.9 Å². The molecule has 1 aromatic heterocycles. The first-order valence-electron chi connectivity index (χ1n) is 5.41. The topological polar surface area (TPSA) is 68.0 Å². The van der Waals surface area contributed by atoms with Crippen LogP contribution in [-0.4, -0.2) is 21.9 Å². The molecule has 0 bridgehead atoms. The SMILES string of the molecule is O=C(CCCCl)NC1(c2ncon2)CCC1. The second-order valence-electron chi connectivity index (χ2n) is 4.03. The summed E-state index contributed by atoms with van der Waals surface area (Å²) in [7, 11) is 0. The molecule has 5 nitrogen and oxygen atoms in total. The Labute approximate surface area is 98.5 Å². The van der Waals surface area contributed by atoms with E-state index in [2.05, 4.69) is 15.5 Å². The quantitative estimate of drug-likeness (QED) is 0.798. The molecule has 1 aliphatic rings. The number of carbonyl (C=O) groups is 1. The second-order valence-corrected chi connectivity index (χ2v) is 4.41. The third-order valence-corrected chi connectivity index (χ3v) is 3.18. The first kappa shape index (κ1) is 11.4. The molecule has 88 valence electrons. The number of hydrogen-bond donors (Lipinski definition) is 1. The highest BCUT2D eigenvalue weighted by Crippen LogP contribution is 2.39. The largest absolute Gasteiger partial charge is 0.343 e. The second kappa shape index (κ2) is 4.82. The van der Waals surface area contributed by atoms with E-state index >= 15 is 0 Å². The van der Waals surface area contributed by atoms with Crippen LogP contribution in [0.5, 0.6) is 0 Å². The highest BCUT2D eigenvalue weighted by Gasteiger charge is 2.43. The predicted molar refractivity (Wildman–Crippen MR) is 57.9 cm³/mol. The number of rotatable bonds is 5. The maximum Gasteiger partial charge on any atom is 0.220 e. The van der Waals surface area contributed by atoms with Crippen molar-refractivity contribution in [3.63, 3.8) is 0 Å². The van der Waals surface area contributed by atoms with Gasteiger partial charge < -0.3 is 9.84 Å². The zero-order chi connectivity index (χ0) is 11.4. The minimum Gasteiger partial charge on any atom is -0.343 e. The van der Waals surface area contributed by atoms with Gasteiger partial charge in [-0.05, 0) is 25.7 Å². The molecule has 1 aliphatic carbocycles. The summed E-state index contributed by atoms with van der Waals surface area (Å²) >= 11 is 5.54. The van der Waals surface area contributed by atoms with Gasteiger partial charge in [0.05, 0.1) is 0 Å². The van der Waals surface area contributed by atoms with E-state index in [1.807, 2.05) is 0 Å². The van der Waals surface area contributed by atoms with Gasteiger partial charge in [-0.2, -0.15) is 4.98 Å². The van der Waals surface area contributed by atoms with Crippen molar-refractivity contribution in [2.75, 3.05) is 5.88 Å². The van der Waals surface area contributed by atoms with E-state index in [1.54, 1.807) is 0 Å². The van der Waals surface area contributed by atoms with Gasteiger partial charge in [-0.15, -0.1) is 11.6 Å². The van der Waals surface area contributed by atoms with Crippen molar-refractivity contribution >= 4 is 17.5 Å². The third-order valence-electron chi connectivity index (χ3n) is 2.91. The molecule has 2 rings (SSSR count). The lowest BCUT2D eigenvalue weighted by Crippen LogP contribution is -2.51. The molecule has 1 heterocycles. The van der Waals surface area contributed by atoms with Crippen LogP contribution in [0.4, 0.5) is 0 Å². The molecule has 1 aromatic rings. The van der Waals surface area contributed by atoms with Crippen molar-refractivity contribution in [1.82, 2.24) is 15.5 Å². The molecule has 0 radical (unpaired) electrons. The number of alkyl halides is 1. The van der Waals surface area contributed by atoms with Gasteiger partial charge in [0.2, 0.25) is 12.3 Å². The van der Waals surface area contributed by atoms with Crippen molar-refractivity contribution in [3.05, 3.63) is 12.2 Å². The van der Waals surface area contributed by atoms with Gasteiger partial charge in [-0.3, -0.25) is 4.79 Å². The predicted octanol–water partition coefficient (Wildman–Crippen LogP) is 1.58. The fourth-order valence-electron chi connectivity index (χ4n) is 1.87. The van der Waals surface area contributed by atoms with E-state index in [1.165, 1.54) is 6.39 Å². The molecule has 1 amide bonds. The van der Waals surface area contributed by atoms with Gasteiger partial charge in [0.25, 0.3) is 0 Å². The van der Waals surface area contributed by atoms with E-state index in [-0.39, 0.29) is 5.91 Å². The highest BCUT2D eigenvalue weighted by atomic mass is 35.5. The summed E-state index contributed by atoms with van der Waals surface area (Å²) < 4.78 is 4.73. The first-order chi connectivity index (χ1) is 7.77. The molecular formula is C10H14ClN3O2. The Morgan fingerprint density at radius 3 is 2.94 bits per heavy atom. The molecule has 1 fully saturated rings. The van der Waals surface area contributed by atoms with Crippen molar-refractivity contribution in [3.8, 4) is 0 Å². The molecule has 0 atom stereocenters. The Bertz CT molecular complexity index is 349. The monoisotopic (exact) mass is 243 g/mol. The van der Waals surface area contributed by atoms with Crippen LogP contribution in [0, 0.1) is 0 Å². The number of halogens is 1. The number of nitrogens with zero attached hydrogens (tertiary/aromatic N) is 2. The summed E-state index contributed by atoms with van der Waals surface area (Å²) in [6, 6.07) is 0. The van der Waals surface area contributed by atoms with Gasteiger partial charge in [0, 0.05) is 12.3 Å². The van der Waals surface area contributed by atoms with Crippen LogP contribution in [0.25, 0.3) is 0 Å². The maximum atomic E-state index is 11.6. The number of hydrogen-bond acceptors (Lipinski definition) is 4. The average molecular weight is 244 g/mol. The zero-order valence-corrected chi connectivity index (χ0v) is 9.66. The van der Waals surface area contributed by atoms with E-state index in [0.29, 0.717) is 24.5 Å². The Morgan fingerprint density at radius 1 is 1.62 bits per heavy atom. The van der Waals surface area contributed by atoms with E-state index in [4.69, 9.17) is 16.1 Å². The van der Waals surface area contributed by atoms with Crippen molar-refractivity contribution in [2.45, 2.75) is 37.6 Å². The minimum absolute atomic E-state index is 0.00477. The highest BCUT2D eigenvalue weighted by molar-refractivity contribution is 6.17. The van der Waals surface area contributed by atoms with Crippen LogP contribution < -0.4 is 5.32 Å². The Balaban J connectivity index is 1.98. The Kier molecular flexibility index (Phi) is 3.43. The molecular weight excluding hydrogens is 230 g/mol. The van der Waals surface area contributed by atoms with E-state index in [0.717, 1.165) is 19.3 Å². The summed E-state index contributed by atoms with van der Waals surface area (Å²) in [6.07, 6.45) is 5.25. The molecule has 0 unspecified atom stereocenters. The molecule has 16 heavy (non-hydrogen) atoms. The Hall–Kier alpha value is -1.10. The smallest absolute Gasteiger partial charge is 0.220 e. The van der Waals surface area contributed by atoms with Gasteiger partial charge >= 0.3 is 0 Å². The summed E-state index contributed by atoms with van der Waals surface area (Å²) in [5.41, 5.74) is -0.392. The van der Waals surface area contributed by atoms with Crippen LogP contribution >= 0.6 is 11.6 Å². The number of nitrogens with one attached hydrogen (secondary N) is 1. The lowest BCUT2D eigenvalue weighted by Gasteiger charge is -2.39. The molecule has 0 spiro atoms. The number of aromatic nitrogens is 2. The van der Waals surface area contributed by atoms with E-state index < -0.39 is 5.54 Å². The lowest BCUT2D eigenvalue weighted by molar-refractivity contribution is -0.124. The fraction of sp³-hybridized carbons (Fsp3) is 0.700. The van der Waals surface area contributed by atoms with Gasteiger partial charge in [-0.1, -0.05) is 5.16 Å². The van der Waals surface area contributed by atoms with Crippen LogP contribution in [-0.2, 0) is 10.3 Å². The third kappa shape index (κ3) is 2.19. The van der Waals surface area contributed by atoms with Gasteiger partial charge in [0.1, 0.15) is 5.54 Å². The fourth-order valence-corrected chi connectivity index (χ4v) is 2.01. The van der Waals surface area contributed by atoms with Crippen molar-refractivity contribution in [1.29, 1.82) is 0 Å². The zero-order valence-electron chi connectivity index (χ0n) is 8.91. The van der Waals surface area contributed by atoms with Crippen LogP contribution in [0.2, 0.25) is 0 Å². The standard InChI is InChI=1S/C10H14ClN3O2/c11-6-1-3-8(15)13-10(4-2-5-10)9-12-7-16-14-9/h7H,1-6H2,(H,13,15). The number of amides is 1. The van der Waals surface area contributed by atoms with Gasteiger partial charge in [-0.25, -0.2) is 0 Å². The van der Waals surface area contributed by atoms with Crippen molar-refractivity contribution < 1.29 is 9.32 Å². The lowest BCUT2D eigenvalue weighted by atomic mass is 9.76. The average Bonchev–Trinajstić information content (AvgIpc) is 2.74. The maximum absolute atomic E-state index is 11.6. The van der Waals surface area contributed by atoms with Crippen molar-refractivity contribution in [2.24, 2.45) is 0 Å². The number of carbonyl (C=O) groups excluding carboxylic acids is 1. The van der Waals surface area contributed by atoms with Crippen LogP contribution in [0.15, 0.2) is 10.9 Å². The molecule has 1 saturated carbocycles. The molecule has 6 heteroatoms. The summed E-state index contributed by atoms with van der Waals surface area (Å²) in [6.45, 7) is 0. The molecule has 0 saturated heterocycles. The summed E-state index contributed by atoms with van der Waals surface area (Å²) in [4.78, 5) is 15.7. The molecule has 0 aliphatic heterocycles. The summed E-state index contributed by atoms with van der Waals surface area (Å²) in [5, 5.41) is 6.80. The van der Waals surface area contributed by atoms with E-state index in [9.17, 15) is 4.79 Å². The molecule has 1 N–H and O–H groups in total. The molecule has 0 aromatic carbocycles. The van der Waals surface area contributed by atoms with Crippen LogP contribution in [0.3, 0.4) is 0 Å².